The molecular weight excluding hydrogens is 272 g/mol. The number of benzene rings is 2. The van der Waals surface area contributed by atoms with E-state index >= 15 is 0 Å². The van der Waals surface area contributed by atoms with E-state index in [1.807, 2.05) is 48.5 Å². The quantitative estimate of drug-likeness (QED) is 0.886. The number of hydrogen-bond donors (Lipinski definition) is 1. The van der Waals surface area contributed by atoms with Gasteiger partial charge in [0.15, 0.2) is 0 Å². The molecule has 0 radical (unpaired) electrons. The molecule has 2 N–H and O–H groups in total. The standard InChI is InChI=1S/C18H18N4/c19-9-10-22(13-17-5-1-15(11-20)2-6-17)14-18-7-3-16(12-21)4-8-18/h1-8H,9-10,13-14,19H2. The summed E-state index contributed by atoms with van der Waals surface area (Å²) in [7, 11) is 0. The third-order valence-electron chi connectivity index (χ3n) is 3.42. The lowest BCUT2D eigenvalue weighted by molar-refractivity contribution is 0.264. The van der Waals surface area contributed by atoms with Crippen LogP contribution in [-0.4, -0.2) is 18.0 Å². The highest BCUT2D eigenvalue weighted by atomic mass is 15.1. The lowest BCUT2D eigenvalue weighted by Crippen LogP contribution is -2.28. The monoisotopic (exact) mass is 290 g/mol. The van der Waals surface area contributed by atoms with E-state index in [0.717, 1.165) is 30.8 Å². The number of rotatable bonds is 6. The van der Waals surface area contributed by atoms with Gasteiger partial charge in [0.25, 0.3) is 0 Å². The van der Waals surface area contributed by atoms with Crippen LogP contribution in [0, 0.1) is 22.7 Å². The minimum atomic E-state index is 0.590. The summed E-state index contributed by atoms with van der Waals surface area (Å²) < 4.78 is 0. The Labute approximate surface area is 131 Å². The normalized spacial score (nSPS) is 10.2. The van der Waals surface area contributed by atoms with Crippen LogP contribution in [0.5, 0.6) is 0 Å². The third-order valence-corrected chi connectivity index (χ3v) is 3.42. The summed E-state index contributed by atoms with van der Waals surface area (Å²) in [5.41, 5.74) is 9.34. The number of nitrogens with two attached hydrogens (primary N) is 1. The fourth-order valence-electron chi connectivity index (χ4n) is 2.28. The van der Waals surface area contributed by atoms with Crippen molar-refractivity contribution in [1.29, 1.82) is 10.5 Å². The largest absolute Gasteiger partial charge is 0.329 e. The van der Waals surface area contributed by atoms with Gasteiger partial charge < -0.3 is 5.73 Å². The van der Waals surface area contributed by atoms with Crippen LogP contribution >= 0.6 is 0 Å². The summed E-state index contributed by atoms with van der Waals surface area (Å²) in [5.74, 6) is 0. The molecule has 4 nitrogen and oxygen atoms in total. The second kappa shape index (κ2) is 7.95. The molecule has 0 atom stereocenters. The molecule has 0 aliphatic heterocycles. The van der Waals surface area contributed by atoms with Crippen LogP contribution in [-0.2, 0) is 13.1 Å². The fourth-order valence-corrected chi connectivity index (χ4v) is 2.28. The zero-order chi connectivity index (χ0) is 15.8. The molecule has 110 valence electrons. The average Bonchev–Trinajstić information content (AvgIpc) is 2.56. The summed E-state index contributed by atoms with van der Waals surface area (Å²) in [6.07, 6.45) is 0. The van der Waals surface area contributed by atoms with Crippen LogP contribution in [0.4, 0.5) is 0 Å². The van der Waals surface area contributed by atoms with E-state index in [-0.39, 0.29) is 0 Å². The zero-order valence-electron chi connectivity index (χ0n) is 12.4. The molecule has 2 rings (SSSR count). The maximum atomic E-state index is 8.83. The van der Waals surface area contributed by atoms with Crippen LogP contribution in [0.1, 0.15) is 22.3 Å². The summed E-state index contributed by atoms with van der Waals surface area (Å²) in [4.78, 5) is 2.25. The summed E-state index contributed by atoms with van der Waals surface area (Å²) in [6, 6.07) is 19.5. The Morgan fingerprint density at radius 1 is 0.773 bits per heavy atom. The van der Waals surface area contributed by atoms with Gasteiger partial charge in [-0.25, -0.2) is 0 Å². The molecule has 2 aromatic rings. The molecule has 0 bridgehead atoms. The topological polar surface area (TPSA) is 76.8 Å². The van der Waals surface area contributed by atoms with E-state index < -0.39 is 0 Å². The number of nitriles is 2. The van der Waals surface area contributed by atoms with Crippen molar-refractivity contribution >= 4 is 0 Å². The molecule has 0 fully saturated rings. The number of hydrogen-bond acceptors (Lipinski definition) is 4. The molecule has 4 heteroatoms. The van der Waals surface area contributed by atoms with Gasteiger partial charge in [0, 0.05) is 26.2 Å². The van der Waals surface area contributed by atoms with Crippen molar-refractivity contribution in [2.75, 3.05) is 13.1 Å². The van der Waals surface area contributed by atoms with Gasteiger partial charge in [-0.3, -0.25) is 4.90 Å². The summed E-state index contributed by atoms with van der Waals surface area (Å²) in [5, 5.41) is 17.7. The predicted molar refractivity (Wildman–Crippen MR) is 85.5 cm³/mol. The van der Waals surface area contributed by atoms with E-state index in [0.29, 0.717) is 17.7 Å². The molecule has 0 saturated carbocycles. The Balaban J connectivity index is 2.05. The van der Waals surface area contributed by atoms with Crippen LogP contribution < -0.4 is 5.73 Å². The van der Waals surface area contributed by atoms with Gasteiger partial charge in [0.2, 0.25) is 0 Å². The summed E-state index contributed by atoms with van der Waals surface area (Å²) in [6.45, 7) is 2.94. The first-order chi connectivity index (χ1) is 10.7. The maximum absolute atomic E-state index is 8.83. The first-order valence-electron chi connectivity index (χ1n) is 7.15. The molecule has 0 saturated heterocycles. The highest BCUT2D eigenvalue weighted by Gasteiger charge is 2.07. The highest BCUT2D eigenvalue weighted by molar-refractivity contribution is 5.32. The Morgan fingerprint density at radius 3 is 1.50 bits per heavy atom. The Kier molecular flexibility index (Phi) is 5.68. The van der Waals surface area contributed by atoms with E-state index in [2.05, 4.69) is 17.0 Å². The Bertz CT molecular complexity index is 616. The first kappa shape index (κ1) is 15.7. The first-order valence-corrected chi connectivity index (χ1v) is 7.15. The molecule has 2 aromatic carbocycles. The third kappa shape index (κ3) is 4.43. The molecule has 22 heavy (non-hydrogen) atoms. The molecular formula is C18H18N4. The van der Waals surface area contributed by atoms with Gasteiger partial charge in [0.1, 0.15) is 0 Å². The van der Waals surface area contributed by atoms with Crippen molar-refractivity contribution < 1.29 is 0 Å². The van der Waals surface area contributed by atoms with Crippen molar-refractivity contribution in [3.8, 4) is 12.1 Å². The van der Waals surface area contributed by atoms with Crippen molar-refractivity contribution in [2.45, 2.75) is 13.1 Å². The Hall–Kier alpha value is -2.66. The molecule has 0 aliphatic rings. The highest BCUT2D eigenvalue weighted by Crippen LogP contribution is 2.11. The number of nitrogens with zero attached hydrogens (tertiary/aromatic N) is 3. The van der Waals surface area contributed by atoms with E-state index in [1.165, 1.54) is 0 Å². The van der Waals surface area contributed by atoms with Gasteiger partial charge in [-0.15, -0.1) is 0 Å². The van der Waals surface area contributed by atoms with Gasteiger partial charge in [-0.1, -0.05) is 24.3 Å². The second-order valence-corrected chi connectivity index (χ2v) is 5.12. The minimum absolute atomic E-state index is 0.590. The van der Waals surface area contributed by atoms with Gasteiger partial charge in [-0.05, 0) is 35.4 Å². The fraction of sp³-hybridized carbons (Fsp3) is 0.222. The van der Waals surface area contributed by atoms with E-state index in [1.54, 1.807) is 0 Å². The van der Waals surface area contributed by atoms with Gasteiger partial charge in [-0.2, -0.15) is 10.5 Å². The van der Waals surface area contributed by atoms with Crippen LogP contribution in [0.25, 0.3) is 0 Å². The van der Waals surface area contributed by atoms with Crippen LogP contribution in [0.15, 0.2) is 48.5 Å². The van der Waals surface area contributed by atoms with Crippen molar-refractivity contribution in [3.63, 3.8) is 0 Å². The lowest BCUT2D eigenvalue weighted by atomic mass is 10.1. The van der Waals surface area contributed by atoms with Crippen LogP contribution in [0.2, 0.25) is 0 Å². The lowest BCUT2D eigenvalue weighted by Gasteiger charge is -2.22. The van der Waals surface area contributed by atoms with E-state index in [9.17, 15) is 0 Å². The molecule has 0 spiro atoms. The predicted octanol–water partition coefficient (Wildman–Crippen LogP) is 2.39. The summed E-state index contributed by atoms with van der Waals surface area (Å²) >= 11 is 0. The second-order valence-electron chi connectivity index (χ2n) is 5.12. The van der Waals surface area contributed by atoms with Gasteiger partial charge >= 0.3 is 0 Å². The molecule has 0 heterocycles. The molecule has 0 amide bonds. The van der Waals surface area contributed by atoms with Gasteiger partial charge in [0.05, 0.1) is 23.3 Å². The molecule has 0 aromatic heterocycles. The Morgan fingerprint density at radius 2 is 1.18 bits per heavy atom. The average molecular weight is 290 g/mol. The van der Waals surface area contributed by atoms with Crippen LogP contribution in [0.3, 0.4) is 0 Å². The minimum Gasteiger partial charge on any atom is -0.329 e. The van der Waals surface area contributed by atoms with Crippen molar-refractivity contribution in [3.05, 3.63) is 70.8 Å². The maximum Gasteiger partial charge on any atom is 0.0991 e. The van der Waals surface area contributed by atoms with Crippen molar-refractivity contribution in [1.82, 2.24) is 4.90 Å². The molecule has 0 aliphatic carbocycles. The smallest absolute Gasteiger partial charge is 0.0991 e. The van der Waals surface area contributed by atoms with E-state index in [4.69, 9.17) is 16.3 Å². The SMILES string of the molecule is N#Cc1ccc(CN(CCN)Cc2ccc(C#N)cc2)cc1. The zero-order valence-corrected chi connectivity index (χ0v) is 12.4. The molecule has 0 unspecified atom stereocenters. The van der Waals surface area contributed by atoms with Crippen molar-refractivity contribution in [2.24, 2.45) is 5.73 Å².